The molecule has 0 unspecified atom stereocenters. The molecule has 1 atom stereocenters. The maximum Gasteiger partial charge on any atom is 0.387 e. The molecule has 2 amide bonds. The van der Waals surface area contributed by atoms with E-state index < -0.39 is 12.5 Å². The molecule has 0 bridgehead atoms. The summed E-state index contributed by atoms with van der Waals surface area (Å²) in [6.45, 7) is -1.46. The maximum atomic E-state index is 13.3. The number of nitrogens with zero attached hydrogens (tertiary/aromatic N) is 2. The number of rotatable bonds is 3. The molecule has 1 aromatic heterocycles. The van der Waals surface area contributed by atoms with Crippen LogP contribution in [-0.2, 0) is 16.6 Å². The largest absolute Gasteiger partial charge is 0.435 e. The van der Waals surface area contributed by atoms with Gasteiger partial charge in [-0.15, -0.1) is 0 Å². The maximum absolute atomic E-state index is 13.3. The van der Waals surface area contributed by atoms with E-state index >= 15 is 0 Å². The zero-order chi connectivity index (χ0) is 21.9. The van der Waals surface area contributed by atoms with Crippen LogP contribution in [0.25, 0.3) is 10.9 Å². The molecule has 0 radical (unpaired) electrons. The molecule has 158 valence electrons. The molecule has 2 aliphatic heterocycles. The van der Waals surface area contributed by atoms with Crippen molar-refractivity contribution in [1.29, 1.82) is 0 Å². The van der Waals surface area contributed by atoms with Gasteiger partial charge in [-0.2, -0.15) is 8.78 Å². The number of nitrogens with one attached hydrogen (secondary N) is 1. The average Bonchev–Trinajstić information content (AvgIpc) is 3.16. The summed E-state index contributed by atoms with van der Waals surface area (Å²) in [6, 6.07) is 12.2. The highest BCUT2D eigenvalue weighted by atomic mass is 19.3. The first-order valence-corrected chi connectivity index (χ1v) is 9.80. The minimum atomic E-state index is -2.95. The highest BCUT2D eigenvalue weighted by Gasteiger charge is 2.41. The first-order chi connectivity index (χ1) is 14.8. The van der Waals surface area contributed by atoms with Crippen LogP contribution in [0.1, 0.15) is 24.0 Å². The first kappa shape index (κ1) is 19.3. The van der Waals surface area contributed by atoms with E-state index in [4.69, 9.17) is 0 Å². The number of carbonyl (C=O) groups is 2. The Morgan fingerprint density at radius 2 is 2.00 bits per heavy atom. The summed E-state index contributed by atoms with van der Waals surface area (Å²) in [5.41, 5.74) is 4.38. The third-order valence-corrected chi connectivity index (χ3v) is 5.84. The Morgan fingerprint density at radius 1 is 1.23 bits per heavy atom. The molecule has 0 fully saturated rings. The molecule has 2 aromatic carbocycles. The van der Waals surface area contributed by atoms with Crippen LogP contribution in [0, 0.1) is 0 Å². The standard InChI is InChI=1S/C23H19F2N3O3/c1-12(29)28-11-17-21(22(28)30)19(13-5-3-6-14(9-13)31-23(24)25)15-10-27(2)18-8-4-7-16(26-17)20(15)18/h3-10,19,23,26H,11H2,1-2H3/t19-/m1/s1. The van der Waals surface area contributed by atoms with E-state index in [-0.39, 0.29) is 24.1 Å². The van der Waals surface area contributed by atoms with Crippen molar-refractivity contribution in [2.45, 2.75) is 19.5 Å². The fourth-order valence-corrected chi connectivity index (χ4v) is 4.59. The zero-order valence-corrected chi connectivity index (χ0v) is 16.9. The van der Waals surface area contributed by atoms with Gasteiger partial charge in [0.2, 0.25) is 5.91 Å². The third-order valence-electron chi connectivity index (χ3n) is 5.84. The van der Waals surface area contributed by atoms with E-state index in [0.717, 1.165) is 22.2 Å². The first-order valence-electron chi connectivity index (χ1n) is 9.80. The molecule has 3 heterocycles. The molecule has 2 aliphatic rings. The Labute approximate surface area is 176 Å². The molecule has 0 spiro atoms. The van der Waals surface area contributed by atoms with Crippen LogP contribution in [-0.4, -0.2) is 34.4 Å². The molecular weight excluding hydrogens is 404 g/mol. The van der Waals surface area contributed by atoms with E-state index in [2.05, 4.69) is 10.1 Å². The number of anilines is 1. The zero-order valence-electron chi connectivity index (χ0n) is 16.9. The topological polar surface area (TPSA) is 63.6 Å². The molecular formula is C23H19F2N3O3. The van der Waals surface area contributed by atoms with Crippen LogP contribution < -0.4 is 10.1 Å². The third kappa shape index (κ3) is 2.98. The summed E-state index contributed by atoms with van der Waals surface area (Å²) >= 11 is 0. The molecule has 0 aliphatic carbocycles. The number of ether oxygens (including phenoxy) is 1. The van der Waals surface area contributed by atoms with E-state index in [1.807, 2.05) is 36.0 Å². The molecule has 0 saturated heterocycles. The molecule has 0 saturated carbocycles. The van der Waals surface area contributed by atoms with Crippen LogP contribution >= 0.6 is 0 Å². The van der Waals surface area contributed by atoms with Crippen molar-refractivity contribution in [2.75, 3.05) is 11.9 Å². The van der Waals surface area contributed by atoms with Gasteiger partial charge >= 0.3 is 6.61 Å². The van der Waals surface area contributed by atoms with Gasteiger partial charge in [-0.3, -0.25) is 14.5 Å². The highest BCUT2D eigenvalue weighted by molar-refractivity contribution is 6.11. The van der Waals surface area contributed by atoms with Crippen molar-refractivity contribution in [3.8, 4) is 5.75 Å². The Balaban J connectivity index is 1.76. The second-order valence-electron chi connectivity index (χ2n) is 7.71. The van der Waals surface area contributed by atoms with E-state index in [1.165, 1.54) is 24.0 Å². The van der Waals surface area contributed by atoms with Gasteiger partial charge in [0, 0.05) is 42.9 Å². The van der Waals surface area contributed by atoms with Crippen LogP contribution in [0.4, 0.5) is 14.5 Å². The Bertz CT molecular complexity index is 1280. The van der Waals surface area contributed by atoms with Gasteiger partial charge in [-0.05, 0) is 35.4 Å². The quantitative estimate of drug-likeness (QED) is 0.692. The van der Waals surface area contributed by atoms with Gasteiger partial charge in [0.05, 0.1) is 17.6 Å². The normalized spacial score (nSPS) is 17.8. The number of aromatic nitrogens is 1. The second-order valence-corrected chi connectivity index (χ2v) is 7.71. The van der Waals surface area contributed by atoms with Crippen LogP contribution in [0.15, 0.2) is 59.9 Å². The summed E-state index contributed by atoms with van der Waals surface area (Å²) in [7, 11) is 1.91. The van der Waals surface area contributed by atoms with Gasteiger partial charge in [0.1, 0.15) is 5.75 Å². The monoisotopic (exact) mass is 423 g/mol. The summed E-state index contributed by atoms with van der Waals surface area (Å²) in [5, 5.41) is 4.31. The van der Waals surface area contributed by atoms with Gasteiger partial charge in [-0.1, -0.05) is 18.2 Å². The number of imide groups is 1. The average molecular weight is 423 g/mol. The van der Waals surface area contributed by atoms with E-state index in [0.29, 0.717) is 16.8 Å². The highest BCUT2D eigenvalue weighted by Crippen LogP contribution is 2.46. The molecule has 31 heavy (non-hydrogen) atoms. The number of benzene rings is 2. The van der Waals surface area contributed by atoms with Gasteiger partial charge < -0.3 is 14.6 Å². The van der Waals surface area contributed by atoms with Crippen molar-refractivity contribution < 1.29 is 23.1 Å². The molecule has 8 heteroatoms. The number of hydrogen-bond acceptors (Lipinski definition) is 4. The molecule has 1 N–H and O–H groups in total. The Hall–Kier alpha value is -3.68. The minimum absolute atomic E-state index is 0.0150. The minimum Gasteiger partial charge on any atom is -0.435 e. The smallest absolute Gasteiger partial charge is 0.387 e. The lowest BCUT2D eigenvalue weighted by Gasteiger charge is -2.20. The van der Waals surface area contributed by atoms with E-state index in [1.54, 1.807) is 12.1 Å². The van der Waals surface area contributed by atoms with Crippen molar-refractivity contribution >= 4 is 28.4 Å². The number of hydrogen-bond donors (Lipinski definition) is 1. The van der Waals surface area contributed by atoms with Gasteiger partial charge in [0.25, 0.3) is 5.91 Å². The fraction of sp³-hybridized carbons (Fsp3) is 0.217. The summed E-state index contributed by atoms with van der Waals surface area (Å²) in [5.74, 6) is -1.26. The number of halogens is 2. The molecule has 5 rings (SSSR count). The van der Waals surface area contributed by atoms with Gasteiger partial charge in [0.15, 0.2) is 0 Å². The van der Waals surface area contributed by atoms with Crippen LogP contribution in [0.3, 0.4) is 0 Å². The Morgan fingerprint density at radius 3 is 2.74 bits per heavy atom. The van der Waals surface area contributed by atoms with Crippen molar-refractivity contribution in [1.82, 2.24) is 9.47 Å². The SMILES string of the molecule is CC(=O)N1CC2=C(C1=O)[C@H](c1cccc(OC(F)F)c1)c1cn(C)c3cccc(c13)N2. The van der Waals surface area contributed by atoms with E-state index in [9.17, 15) is 18.4 Å². The summed E-state index contributed by atoms with van der Waals surface area (Å²) in [6.07, 6.45) is 1.95. The van der Waals surface area contributed by atoms with Crippen molar-refractivity contribution in [3.63, 3.8) is 0 Å². The number of aryl methyl sites for hydroxylation is 1. The number of carbonyl (C=O) groups excluding carboxylic acids is 2. The predicted octanol–water partition coefficient (Wildman–Crippen LogP) is 3.98. The van der Waals surface area contributed by atoms with Gasteiger partial charge in [-0.25, -0.2) is 0 Å². The lowest BCUT2D eigenvalue weighted by molar-refractivity contribution is -0.139. The fourth-order valence-electron chi connectivity index (χ4n) is 4.59. The summed E-state index contributed by atoms with van der Waals surface area (Å²) < 4.78 is 32.2. The molecule has 3 aromatic rings. The van der Waals surface area contributed by atoms with Crippen molar-refractivity contribution in [3.05, 3.63) is 71.1 Å². The Kier molecular flexibility index (Phi) is 4.32. The summed E-state index contributed by atoms with van der Waals surface area (Å²) in [4.78, 5) is 26.6. The lowest BCUT2D eigenvalue weighted by atomic mass is 9.84. The van der Waals surface area contributed by atoms with Crippen LogP contribution in [0.2, 0.25) is 0 Å². The molecule has 6 nitrogen and oxygen atoms in total. The number of alkyl halides is 2. The predicted molar refractivity (Wildman–Crippen MR) is 111 cm³/mol. The number of amides is 2. The second kappa shape index (κ2) is 6.94. The van der Waals surface area contributed by atoms with Crippen molar-refractivity contribution in [2.24, 2.45) is 7.05 Å². The van der Waals surface area contributed by atoms with Crippen LogP contribution in [0.5, 0.6) is 5.75 Å². The lowest BCUT2D eigenvalue weighted by Crippen LogP contribution is -2.33.